The molecule has 0 radical (unpaired) electrons. The van der Waals surface area contributed by atoms with Crippen molar-refractivity contribution in [3.8, 4) is 6.07 Å². The van der Waals surface area contributed by atoms with E-state index in [1.54, 1.807) is 0 Å². The average Bonchev–Trinajstić information content (AvgIpc) is 2.97. The molecule has 0 heterocycles. The lowest BCUT2D eigenvalue weighted by atomic mass is 9.88. The van der Waals surface area contributed by atoms with Gasteiger partial charge in [0.15, 0.2) is 5.78 Å². The molecule has 1 aliphatic rings. The maximum absolute atomic E-state index is 12.7. The largest absolute Gasteiger partial charge is 0.292 e. The smallest absolute Gasteiger partial charge is 0.184 e. The summed E-state index contributed by atoms with van der Waals surface area (Å²) >= 11 is 0. The second-order valence-electron chi connectivity index (χ2n) is 5.62. The van der Waals surface area contributed by atoms with Crippen LogP contribution >= 0.6 is 0 Å². The summed E-state index contributed by atoms with van der Waals surface area (Å²) in [7, 11) is 0. The number of rotatable bonds is 3. The van der Waals surface area contributed by atoms with Gasteiger partial charge in [0.2, 0.25) is 0 Å². The summed E-state index contributed by atoms with van der Waals surface area (Å²) in [6.07, 6.45) is 3.30. The summed E-state index contributed by atoms with van der Waals surface area (Å²) in [6.45, 7) is 1.94. The van der Waals surface area contributed by atoms with Gasteiger partial charge in [0.1, 0.15) is 5.92 Å². The fourth-order valence-electron chi connectivity index (χ4n) is 3.07. The van der Waals surface area contributed by atoms with Crippen LogP contribution in [-0.2, 0) is 12.8 Å². The maximum Gasteiger partial charge on any atom is 0.184 e. The standard InChI is InChI=1S/C19H17NO/c1-13-5-2-3-8-17(13)18(12-20)19(21)16-10-9-14-6-4-7-15(14)11-16/h2-3,5,8-11,18H,4,6-7H2,1H3. The molecular formula is C19H17NO. The second kappa shape index (κ2) is 5.54. The van der Waals surface area contributed by atoms with Crippen molar-refractivity contribution >= 4 is 5.78 Å². The summed E-state index contributed by atoms with van der Waals surface area (Å²) in [5, 5.41) is 9.46. The molecule has 0 bridgehead atoms. The molecule has 0 aromatic heterocycles. The van der Waals surface area contributed by atoms with Gasteiger partial charge in [0.25, 0.3) is 0 Å². The first-order valence-corrected chi connectivity index (χ1v) is 7.32. The minimum atomic E-state index is -0.717. The first kappa shape index (κ1) is 13.6. The van der Waals surface area contributed by atoms with Gasteiger partial charge >= 0.3 is 0 Å². The van der Waals surface area contributed by atoms with Crippen molar-refractivity contribution in [3.63, 3.8) is 0 Å². The molecule has 0 spiro atoms. The van der Waals surface area contributed by atoms with Crippen LogP contribution in [0.5, 0.6) is 0 Å². The van der Waals surface area contributed by atoms with Gasteiger partial charge in [-0.05, 0) is 54.5 Å². The first-order valence-electron chi connectivity index (χ1n) is 7.32. The predicted molar refractivity (Wildman–Crippen MR) is 82.3 cm³/mol. The predicted octanol–water partition coefficient (Wildman–Crippen LogP) is 3.97. The molecule has 2 nitrogen and oxygen atoms in total. The van der Waals surface area contributed by atoms with Gasteiger partial charge in [-0.15, -0.1) is 0 Å². The summed E-state index contributed by atoms with van der Waals surface area (Å²) in [5.41, 5.74) is 5.06. The van der Waals surface area contributed by atoms with E-state index in [0.29, 0.717) is 5.56 Å². The Morgan fingerprint density at radius 2 is 1.90 bits per heavy atom. The number of hydrogen-bond acceptors (Lipinski definition) is 2. The Balaban J connectivity index is 1.97. The molecule has 21 heavy (non-hydrogen) atoms. The second-order valence-corrected chi connectivity index (χ2v) is 5.62. The van der Waals surface area contributed by atoms with E-state index < -0.39 is 5.92 Å². The van der Waals surface area contributed by atoms with Gasteiger partial charge in [-0.2, -0.15) is 5.26 Å². The van der Waals surface area contributed by atoms with E-state index in [1.165, 1.54) is 11.1 Å². The third kappa shape index (κ3) is 2.48. The molecule has 0 fully saturated rings. The van der Waals surface area contributed by atoms with E-state index in [9.17, 15) is 10.1 Å². The van der Waals surface area contributed by atoms with Crippen molar-refractivity contribution in [2.24, 2.45) is 0 Å². The highest BCUT2D eigenvalue weighted by Gasteiger charge is 2.24. The Morgan fingerprint density at radius 3 is 2.67 bits per heavy atom. The van der Waals surface area contributed by atoms with Crippen LogP contribution in [-0.4, -0.2) is 5.78 Å². The van der Waals surface area contributed by atoms with Crippen LogP contribution in [0.4, 0.5) is 0 Å². The average molecular weight is 275 g/mol. The number of carbonyl (C=O) groups excluding carboxylic acids is 1. The van der Waals surface area contributed by atoms with E-state index in [-0.39, 0.29) is 5.78 Å². The number of aryl methyl sites for hydroxylation is 3. The van der Waals surface area contributed by atoms with Crippen molar-refractivity contribution in [1.29, 1.82) is 5.26 Å². The van der Waals surface area contributed by atoms with Crippen LogP contribution in [0.3, 0.4) is 0 Å². The third-order valence-corrected chi connectivity index (χ3v) is 4.27. The maximum atomic E-state index is 12.7. The zero-order valence-corrected chi connectivity index (χ0v) is 12.1. The fourth-order valence-corrected chi connectivity index (χ4v) is 3.07. The third-order valence-electron chi connectivity index (χ3n) is 4.27. The Bertz CT molecular complexity index is 739. The van der Waals surface area contributed by atoms with Gasteiger partial charge in [-0.25, -0.2) is 0 Å². The quantitative estimate of drug-likeness (QED) is 0.795. The molecule has 2 aromatic carbocycles. The number of Topliss-reactive ketones (excluding diaryl/α,β-unsaturated/α-hetero) is 1. The molecule has 0 saturated carbocycles. The van der Waals surface area contributed by atoms with Crippen LogP contribution < -0.4 is 0 Å². The van der Waals surface area contributed by atoms with Crippen molar-refractivity contribution in [2.45, 2.75) is 32.1 Å². The van der Waals surface area contributed by atoms with Gasteiger partial charge in [0, 0.05) is 5.56 Å². The molecule has 1 aliphatic carbocycles. The molecule has 2 heteroatoms. The lowest BCUT2D eigenvalue weighted by Gasteiger charge is -2.12. The number of ketones is 1. The Kier molecular flexibility index (Phi) is 3.58. The molecule has 1 unspecified atom stereocenters. The minimum absolute atomic E-state index is 0.0958. The number of nitriles is 1. The highest BCUT2D eigenvalue weighted by atomic mass is 16.1. The van der Waals surface area contributed by atoms with Crippen LogP contribution in [0.15, 0.2) is 42.5 Å². The molecular weight excluding hydrogens is 258 g/mol. The lowest BCUT2D eigenvalue weighted by Crippen LogP contribution is -2.12. The summed E-state index contributed by atoms with van der Waals surface area (Å²) < 4.78 is 0. The van der Waals surface area contributed by atoms with Crippen LogP contribution in [0.25, 0.3) is 0 Å². The molecule has 0 N–H and O–H groups in total. The van der Waals surface area contributed by atoms with E-state index in [1.807, 2.05) is 49.4 Å². The van der Waals surface area contributed by atoms with Gasteiger partial charge < -0.3 is 0 Å². The molecule has 104 valence electrons. The van der Waals surface area contributed by atoms with Crippen molar-refractivity contribution < 1.29 is 4.79 Å². The number of benzene rings is 2. The zero-order valence-electron chi connectivity index (χ0n) is 12.1. The Labute approximate surface area is 125 Å². The summed E-state index contributed by atoms with van der Waals surface area (Å²) in [4.78, 5) is 12.7. The monoisotopic (exact) mass is 275 g/mol. The molecule has 2 aromatic rings. The molecule has 1 atom stereocenters. The molecule has 0 aliphatic heterocycles. The Morgan fingerprint density at radius 1 is 1.14 bits per heavy atom. The van der Waals surface area contributed by atoms with Crippen LogP contribution in [0.2, 0.25) is 0 Å². The van der Waals surface area contributed by atoms with E-state index >= 15 is 0 Å². The van der Waals surface area contributed by atoms with E-state index in [2.05, 4.69) is 6.07 Å². The fraction of sp³-hybridized carbons (Fsp3) is 0.263. The van der Waals surface area contributed by atoms with E-state index in [0.717, 1.165) is 30.4 Å². The summed E-state index contributed by atoms with van der Waals surface area (Å²) in [5.74, 6) is -0.813. The first-order chi connectivity index (χ1) is 10.2. The number of carbonyl (C=O) groups is 1. The lowest BCUT2D eigenvalue weighted by molar-refractivity contribution is 0.0978. The van der Waals surface area contributed by atoms with Crippen molar-refractivity contribution in [3.05, 3.63) is 70.3 Å². The zero-order chi connectivity index (χ0) is 14.8. The minimum Gasteiger partial charge on any atom is -0.292 e. The van der Waals surface area contributed by atoms with E-state index in [4.69, 9.17) is 0 Å². The number of nitrogens with zero attached hydrogens (tertiary/aromatic N) is 1. The molecule has 0 amide bonds. The van der Waals surface area contributed by atoms with Gasteiger partial charge in [-0.3, -0.25) is 4.79 Å². The topological polar surface area (TPSA) is 40.9 Å². The van der Waals surface area contributed by atoms with Crippen molar-refractivity contribution in [2.75, 3.05) is 0 Å². The number of fused-ring (bicyclic) bond motifs is 1. The van der Waals surface area contributed by atoms with Gasteiger partial charge in [-0.1, -0.05) is 36.4 Å². The molecule has 0 saturated heterocycles. The number of hydrogen-bond donors (Lipinski definition) is 0. The van der Waals surface area contributed by atoms with Crippen LogP contribution in [0.1, 0.15) is 45.0 Å². The van der Waals surface area contributed by atoms with Crippen LogP contribution in [0, 0.1) is 18.3 Å². The summed E-state index contributed by atoms with van der Waals surface area (Å²) in [6, 6.07) is 15.7. The molecule has 3 rings (SSSR count). The van der Waals surface area contributed by atoms with Gasteiger partial charge in [0.05, 0.1) is 6.07 Å². The highest BCUT2D eigenvalue weighted by Crippen LogP contribution is 2.27. The Hall–Kier alpha value is -2.40. The highest BCUT2D eigenvalue weighted by molar-refractivity contribution is 6.03. The SMILES string of the molecule is Cc1ccccc1C(C#N)C(=O)c1ccc2c(c1)CCC2. The van der Waals surface area contributed by atoms with Crippen molar-refractivity contribution in [1.82, 2.24) is 0 Å². The normalized spacial score (nSPS) is 14.3.